The van der Waals surface area contributed by atoms with E-state index in [9.17, 15) is 4.79 Å². The van der Waals surface area contributed by atoms with Crippen LogP contribution in [0.4, 0.5) is 0 Å². The van der Waals surface area contributed by atoms with Gasteiger partial charge in [-0.05, 0) is 49.0 Å². The molecule has 27 heavy (non-hydrogen) atoms. The highest BCUT2D eigenvalue weighted by molar-refractivity contribution is 7.98. The molecule has 0 atom stereocenters. The highest BCUT2D eigenvalue weighted by atomic mass is 35.5. The van der Waals surface area contributed by atoms with E-state index in [1.54, 1.807) is 18.9 Å². The van der Waals surface area contributed by atoms with E-state index in [-0.39, 0.29) is 5.91 Å². The second-order valence-electron chi connectivity index (χ2n) is 6.50. The maximum absolute atomic E-state index is 12.9. The molecule has 1 heterocycles. The number of thioether (sulfide) groups is 1. The lowest BCUT2D eigenvalue weighted by Crippen LogP contribution is -2.48. The van der Waals surface area contributed by atoms with Crippen LogP contribution in [0.5, 0.6) is 5.75 Å². The molecule has 2 aromatic rings. The predicted molar refractivity (Wildman–Crippen MR) is 112 cm³/mol. The van der Waals surface area contributed by atoms with Gasteiger partial charge in [-0.2, -0.15) is 0 Å². The summed E-state index contributed by atoms with van der Waals surface area (Å²) in [5.74, 6) is 1.64. The molecule has 1 aliphatic heterocycles. The van der Waals surface area contributed by atoms with Gasteiger partial charge in [-0.3, -0.25) is 4.79 Å². The average Bonchev–Trinajstić information content (AvgIpc) is 2.72. The number of piperazine rings is 1. The number of carbonyl (C=O) groups is 1. The molecule has 2 aromatic carbocycles. The molecule has 6 heteroatoms. The van der Waals surface area contributed by atoms with Gasteiger partial charge in [0.05, 0.1) is 7.11 Å². The number of benzene rings is 2. The average molecular weight is 405 g/mol. The maximum atomic E-state index is 12.9. The van der Waals surface area contributed by atoms with Gasteiger partial charge < -0.3 is 14.5 Å². The number of amides is 1. The van der Waals surface area contributed by atoms with Gasteiger partial charge in [-0.15, -0.1) is 11.8 Å². The molecular formula is C21H25ClN2O2S. The van der Waals surface area contributed by atoms with Gasteiger partial charge >= 0.3 is 0 Å². The van der Waals surface area contributed by atoms with Crippen LogP contribution in [0.3, 0.4) is 0 Å². The molecule has 1 amide bonds. The van der Waals surface area contributed by atoms with Crippen LogP contribution in [0.1, 0.15) is 22.8 Å². The van der Waals surface area contributed by atoms with Crippen molar-refractivity contribution in [3.05, 3.63) is 58.6 Å². The van der Waals surface area contributed by atoms with Crippen molar-refractivity contribution in [2.45, 2.75) is 17.6 Å². The van der Waals surface area contributed by atoms with Crippen LogP contribution in [-0.4, -0.2) is 55.5 Å². The van der Waals surface area contributed by atoms with Crippen LogP contribution < -0.4 is 4.74 Å². The Hall–Kier alpha value is -1.69. The molecule has 1 fully saturated rings. The summed E-state index contributed by atoms with van der Waals surface area (Å²) in [6, 6.07) is 13.5. The second kappa shape index (κ2) is 9.49. The van der Waals surface area contributed by atoms with E-state index in [4.69, 9.17) is 16.3 Å². The van der Waals surface area contributed by atoms with Crippen LogP contribution >= 0.6 is 23.4 Å². The van der Waals surface area contributed by atoms with Crippen molar-refractivity contribution >= 4 is 29.3 Å². The van der Waals surface area contributed by atoms with Crippen molar-refractivity contribution in [2.75, 3.05) is 39.8 Å². The Bertz CT molecular complexity index is 774. The molecule has 0 aromatic heterocycles. The molecule has 0 radical (unpaired) electrons. The number of hydrogen-bond acceptors (Lipinski definition) is 4. The molecule has 144 valence electrons. The summed E-state index contributed by atoms with van der Waals surface area (Å²) in [5.41, 5.74) is 1.75. The summed E-state index contributed by atoms with van der Waals surface area (Å²) in [6.45, 7) is 6.65. The Balaban J connectivity index is 1.70. The lowest BCUT2D eigenvalue weighted by atomic mass is 10.1. The third-order valence-electron chi connectivity index (χ3n) is 4.84. The topological polar surface area (TPSA) is 32.8 Å². The zero-order chi connectivity index (χ0) is 19.2. The van der Waals surface area contributed by atoms with Crippen LogP contribution in [0.2, 0.25) is 5.02 Å². The number of halogens is 1. The van der Waals surface area contributed by atoms with E-state index >= 15 is 0 Å². The van der Waals surface area contributed by atoms with Crippen molar-refractivity contribution in [1.29, 1.82) is 0 Å². The van der Waals surface area contributed by atoms with Gasteiger partial charge in [0, 0.05) is 53.0 Å². The quantitative estimate of drug-likeness (QED) is 0.667. The SMILES string of the molecule is CCN1CCN(C(=O)c2ccc(OC)c(CSc3ccc(Cl)cc3)c2)CC1. The summed E-state index contributed by atoms with van der Waals surface area (Å²) < 4.78 is 5.50. The normalized spacial score (nSPS) is 15.0. The first-order valence-electron chi connectivity index (χ1n) is 9.17. The minimum atomic E-state index is 0.103. The van der Waals surface area contributed by atoms with Crippen molar-refractivity contribution in [3.8, 4) is 5.75 Å². The summed E-state index contributed by atoms with van der Waals surface area (Å²) in [6.07, 6.45) is 0. The summed E-state index contributed by atoms with van der Waals surface area (Å²) in [7, 11) is 1.66. The highest BCUT2D eigenvalue weighted by Gasteiger charge is 2.22. The third kappa shape index (κ3) is 5.18. The number of carbonyl (C=O) groups excluding carboxylic acids is 1. The van der Waals surface area contributed by atoms with E-state index < -0.39 is 0 Å². The highest BCUT2D eigenvalue weighted by Crippen LogP contribution is 2.30. The minimum Gasteiger partial charge on any atom is -0.496 e. The lowest BCUT2D eigenvalue weighted by Gasteiger charge is -2.34. The Morgan fingerprint density at radius 3 is 2.44 bits per heavy atom. The van der Waals surface area contributed by atoms with Crippen molar-refractivity contribution < 1.29 is 9.53 Å². The molecule has 0 saturated carbocycles. The summed E-state index contributed by atoms with van der Waals surface area (Å²) >= 11 is 7.65. The molecule has 3 rings (SSSR count). The molecular weight excluding hydrogens is 380 g/mol. The molecule has 1 aliphatic rings. The van der Waals surface area contributed by atoms with Gasteiger partial charge in [-0.25, -0.2) is 0 Å². The number of ether oxygens (including phenoxy) is 1. The van der Waals surface area contributed by atoms with Crippen LogP contribution in [-0.2, 0) is 5.75 Å². The molecule has 4 nitrogen and oxygen atoms in total. The zero-order valence-corrected chi connectivity index (χ0v) is 17.4. The van der Waals surface area contributed by atoms with Gasteiger partial charge in [0.25, 0.3) is 5.91 Å². The van der Waals surface area contributed by atoms with Crippen molar-refractivity contribution in [1.82, 2.24) is 9.80 Å². The molecule has 0 aliphatic carbocycles. The molecule has 0 N–H and O–H groups in total. The monoisotopic (exact) mass is 404 g/mol. The van der Waals surface area contributed by atoms with E-state index in [2.05, 4.69) is 11.8 Å². The van der Waals surface area contributed by atoms with Crippen LogP contribution in [0.15, 0.2) is 47.4 Å². The number of hydrogen-bond donors (Lipinski definition) is 0. The predicted octanol–water partition coefficient (Wildman–Crippen LogP) is 4.42. The fourth-order valence-corrected chi connectivity index (χ4v) is 4.17. The van der Waals surface area contributed by atoms with Crippen LogP contribution in [0, 0.1) is 0 Å². The Morgan fingerprint density at radius 2 is 1.81 bits per heavy atom. The second-order valence-corrected chi connectivity index (χ2v) is 7.98. The fourth-order valence-electron chi connectivity index (χ4n) is 3.17. The summed E-state index contributed by atoms with van der Waals surface area (Å²) in [4.78, 5) is 18.4. The Morgan fingerprint density at radius 1 is 1.11 bits per heavy atom. The van der Waals surface area contributed by atoms with E-state index in [0.29, 0.717) is 0 Å². The van der Waals surface area contributed by atoms with Gasteiger partial charge in [0.15, 0.2) is 0 Å². The first-order valence-corrected chi connectivity index (χ1v) is 10.5. The van der Waals surface area contributed by atoms with E-state index in [0.717, 1.165) is 65.3 Å². The third-order valence-corrected chi connectivity index (χ3v) is 6.15. The number of methoxy groups -OCH3 is 1. The minimum absolute atomic E-state index is 0.103. The van der Waals surface area contributed by atoms with Crippen LogP contribution in [0.25, 0.3) is 0 Å². The molecule has 0 bridgehead atoms. The smallest absolute Gasteiger partial charge is 0.253 e. The molecule has 0 spiro atoms. The number of nitrogens with zero attached hydrogens (tertiary/aromatic N) is 2. The first-order chi connectivity index (χ1) is 13.1. The largest absolute Gasteiger partial charge is 0.496 e. The number of likely N-dealkylation sites (N-methyl/N-ethyl adjacent to an activating group) is 1. The zero-order valence-electron chi connectivity index (χ0n) is 15.8. The van der Waals surface area contributed by atoms with Crippen molar-refractivity contribution in [2.24, 2.45) is 0 Å². The summed E-state index contributed by atoms with van der Waals surface area (Å²) in [5, 5.41) is 0.729. The Labute approximate surface area is 170 Å². The van der Waals surface area contributed by atoms with E-state index in [1.165, 1.54) is 0 Å². The molecule has 0 unspecified atom stereocenters. The van der Waals surface area contributed by atoms with Gasteiger partial charge in [0.1, 0.15) is 5.75 Å². The van der Waals surface area contributed by atoms with Gasteiger partial charge in [0.2, 0.25) is 0 Å². The first kappa shape index (κ1) is 20.1. The lowest BCUT2D eigenvalue weighted by molar-refractivity contribution is 0.0643. The number of rotatable bonds is 6. The fraction of sp³-hybridized carbons (Fsp3) is 0.381. The van der Waals surface area contributed by atoms with E-state index in [1.807, 2.05) is 47.4 Å². The van der Waals surface area contributed by atoms with Crippen molar-refractivity contribution in [3.63, 3.8) is 0 Å². The maximum Gasteiger partial charge on any atom is 0.253 e. The standard InChI is InChI=1S/C21H25ClN2O2S/c1-3-23-10-12-24(13-11-23)21(25)16-4-9-20(26-2)17(14-16)15-27-19-7-5-18(22)6-8-19/h4-9,14H,3,10-13,15H2,1-2H3. The molecule has 1 saturated heterocycles. The van der Waals surface area contributed by atoms with Gasteiger partial charge in [-0.1, -0.05) is 18.5 Å². The Kier molecular flexibility index (Phi) is 7.05.